The number of nitrogens with one attached hydrogen (secondary N) is 2. The normalized spacial score (nSPS) is 16.0. The van der Waals surface area contributed by atoms with Crippen molar-refractivity contribution in [2.24, 2.45) is 4.99 Å². The minimum atomic E-state index is 0.201. The van der Waals surface area contributed by atoms with Crippen LogP contribution in [-0.4, -0.2) is 34.1 Å². The lowest BCUT2D eigenvalue weighted by Crippen LogP contribution is -2.44. The summed E-state index contributed by atoms with van der Waals surface area (Å²) < 4.78 is 1.89. The summed E-state index contributed by atoms with van der Waals surface area (Å²) in [4.78, 5) is 13.0. The molecule has 4 rings (SSSR count). The van der Waals surface area contributed by atoms with Gasteiger partial charge in [-0.2, -0.15) is 0 Å². The highest BCUT2D eigenvalue weighted by Crippen LogP contribution is 2.40. The van der Waals surface area contributed by atoms with Crippen LogP contribution in [0.4, 0.5) is 0 Å². The maximum absolute atomic E-state index is 4.51. The quantitative estimate of drug-likeness (QED) is 0.501. The summed E-state index contributed by atoms with van der Waals surface area (Å²) in [5, 5.41) is 6.97. The summed E-state index contributed by atoms with van der Waals surface area (Å²) in [5.74, 6) is 1.69. The Morgan fingerprint density at radius 3 is 2.59 bits per heavy atom. The smallest absolute Gasteiger partial charge is 0.191 e. The van der Waals surface area contributed by atoms with Gasteiger partial charge in [0.1, 0.15) is 12.1 Å². The Bertz CT molecular complexity index is 910. The number of imidazole rings is 1. The SMILES string of the molecule is CN=C(NCc1ccc(-n2ccnc2)nc1)NCC1(c2ccccc2)CCCC1. The molecule has 0 amide bonds. The van der Waals surface area contributed by atoms with E-state index in [0.717, 1.165) is 23.9 Å². The molecule has 1 fully saturated rings. The molecule has 150 valence electrons. The Balaban J connectivity index is 1.35. The first-order chi connectivity index (χ1) is 14.3. The van der Waals surface area contributed by atoms with Crippen LogP contribution in [0.5, 0.6) is 0 Å². The molecule has 1 aliphatic carbocycles. The fraction of sp³-hybridized carbons (Fsp3) is 0.348. The number of rotatable bonds is 6. The second kappa shape index (κ2) is 8.90. The van der Waals surface area contributed by atoms with E-state index in [0.29, 0.717) is 6.54 Å². The van der Waals surface area contributed by atoms with Gasteiger partial charge in [-0.1, -0.05) is 49.2 Å². The van der Waals surface area contributed by atoms with Crippen LogP contribution in [0.2, 0.25) is 0 Å². The number of aliphatic imine (C=N–C) groups is 1. The zero-order valence-corrected chi connectivity index (χ0v) is 16.9. The fourth-order valence-electron chi connectivity index (χ4n) is 4.14. The van der Waals surface area contributed by atoms with Crippen LogP contribution in [0.25, 0.3) is 5.82 Å². The van der Waals surface area contributed by atoms with Crippen molar-refractivity contribution in [3.63, 3.8) is 0 Å². The van der Waals surface area contributed by atoms with Crippen LogP contribution in [-0.2, 0) is 12.0 Å². The van der Waals surface area contributed by atoms with Crippen molar-refractivity contribution in [3.05, 3.63) is 78.5 Å². The molecule has 6 nitrogen and oxygen atoms in total. The number of pyridine rings is 1. The number of hydrogen-bond donors (Lipinski definition) is 2. The van der Waals surface area contributed by atoms with Gasteiger partial charge in [0.2, 0.25) is 0 Å². The molecule has 6 heteroatoms. The minimum Gasteiger partial charge on any atom is -0.356 e. The van der Waals surface area contributed by atoms with Gasteiger partial charge in [0.25, 0.3) is 0 Å². The first-order valence-electron chi connectivity index (χ1n) is 10.2. The maximum atomic E-state index is 4.51. The Kier molecular flexibility index (Phi) is 5.89. The molecule has 0 aliphatic heterocycles. The lowest BCUT2D eigenvalue weighted by molar-refractivity contribution is 0.431. The predicted octanol–water partition coefficient (Wildman–Crippen LogP) is 3.44. The van der Waals surface area contributed by atoms with Gasteiger partial charge in [0.05, 0.1) is 0 Å². The van der Waals surface area contributed by atoms with Crippen LogP contribution < -0.4 is 10.6 Å². The minimum absolute atomic E-state index is 0.201. The monoisotopic (exact) mass is 388 g/mol. The number of guanidine groups is 1. The summed E-state index contributed by atoms with van der Waals surface area (Å²) in [7, 11) is 1.82. The standard InChI is InChI=1S/C23H28N6/c1-24-22(27-16-19-9-10-21(26-15-19)29-14-13-25-18-29)28-17-23(11-5-6-12-23)20-7-3-2-4-8-20/h2-4,7-10,13-15,18H,5-6,11-12,16-17H2,1H3,(H2,24,27,28). The molecule has 0 bridgehead atoms. The van der Waals surface area contributed by atoms with Crippen LogP contribution >= 0.6 is 0 Å². The molecular formula is C23H28N6. The molecule has 1 saturated carbocycles. The molecule has 2 heterocycles. The lowest BCUT2D eigenvalue weighted by atomic mass is 9.79. The van der Waals surface area contributed by atoms with E-state index in [1.165, 1.54) is 31.2 Å². The fourth-order valence-corrected chi connectivity index (χ4v) is 4.14. The first kappa shape index (κ1) is 19.2. The zero-order valence-electron chi connectivity index (χ0n) is 16.9. The average Bonchev–Trinajstić information content (AvgIpc) is 3.48. The predicted molar refractivity (Wildman–Crippen MR) is 116 cm³/mol. The van der Waals surface area contributed by atoms with Crippen LogP contribution in [0, 0.1) is 0 Å². The van der Waals surface area contributed by atoms with Gasteiger partial charge in [0, 0.05) is 44.1 Å². The highest BCUT2D eigenvalue weighted by atomic mass is 15.2. The third kappa shape index (κ3) is 4.47. The van der Waals surface area contributed by atoms with Crippen LogP contribution in [0.15, 0.2) is 72.4 Å². The molecule has 0 atom stereocenters. The van der Waals surface area contributed by atoms with Crippen LogP contribution in [0.3, 0.4) is 0 Å². The highest BCUT2D eigenvalue weighted by molar-refractivity contribution is 5.79. The van der Waals surface area contributed by atoms with E-state index in [1.54, 1.807) is 12.5 Å². The molecule has 1 aliphatic rings. The van der Waals surface area contributed by atoms with Crippen molar-refractivity contribution in [2.45, 2.75) is 37.6 Å². The molecule has 29 heavy (non-hydrogen) atoms. The van der Waals surface area contributed by atoms with Gasteiger partial charge in [-0.05, 0) is 30.0 Å². The van der Waals surface area contributed by atoms with Gasteiger partial charge in [-0.3, -0.25) is 9.56 Å². The van der Waals surface area contributed by atoms with E-state index in [1.807, 2.05) is 30.1 Å². The van der Waals surface area contributed by atoms with Crippen LogP contribution in [0.1, 0.15) is 36.8 Å². The van der Waals surface area contributed by atoms with Gasteiger partial charge in [-0.15, -0.1) is 0 Å². The van der Waals surface area contributed by atoms with Crippen molar-refractivity contribution in [3.8, 4) is 5.82 Å². The molecular weight excluding hydrogens is 360 g/mol. The first-order valence-corrected chi connectivity index (χ1v) is 10.2. The van der Waals surface area contributed by atoms with E-state index >= 15 is 0 Å². The van der Waals surface area contributed by atoms with Gasteiger partial charge in [0.15, 0.2) is 5.96 Å². The molecule has 0 saturated heterocycles. The Morgan fingerprint density at radius 1 is 1.10 bits per heavy atom. The lowest BCUT2D eigenvalue weighted by Gasteiger charge is -2.30. The van der Waals surface area contributed by atoms with Crippen molar-refractivity contribution >= 4 is 5.96 Å². The molecule has 0 unspecified atom stereocenters. The number of nitrogens with zero attached hydrogens (tertiary/aromatic N) is 4. The third-order valence-corrected chi connectivity index (χ3v) is 5.80. The van der Waals surface area contributed by atoms with E-state index in [2.05, 4.69) is 62.0 Å². The van der Waals surface area contributed by atoms with E-state index in [-0.39, 0.29) is 5.41 Å². The van der Waals surface area contributed by atoms with Gasteiger partial charge < -0.3 is 10.6 Å². The van der Waals surface area contributed by atoms with Crippen molar-refractivity contribution in [1.82, 2.24) is 25.2 Å². The van der Waals surface area contributed by atoms with Crippen molar-refractivity contribution in [2.75, 3.05) is 13.6 Å². The molecule has 1 aromatic carbocycles. The van der Waals surface area contributed by atoms with Crippen molar-refractivity contribution in [1.29, 1.82) is 0 Å². The topological polar surface area (TPSA) is 67.1 Å². The summed E-state index contributed by atoms with van der Waals surface area (Å²) in [5.41, 5.74) is 2.74. The van der Waals surface area contributed by atoms with E-state index in [4.69, 9.17) is 0 Å². The third-order valence-electron chi connectivity index (χ3n) is 5.80. The van der Waals surface area contributed by atoms with Gasteiger partial charge >= 0.3 is 0 Å². The molecule has 2 N–H and O–H groups in total. The molecule has 2 aromatic heterocycles. The summed E-state index contributed by atoms with van der Waals surface area (Å²) in [6.07, 6.45) is 12.3. The average molecular weight is 389 g/mol. The summed E-state index contributed by atoms with van der Waals surface area (Å²) in [6, 6.07) is 15.0. The summed E-state index contributed by atoms with van der Waals surface area (Å²) in [6.45, 7) is 1.57. The number of benzene rings is 1. The van der Waals surface area contributed by atoms with E-state index < -0.39 is 0 Å². The summed E-state index contributed by atoms with van der Waals surface area (Å²) >= 11 is 0. The Labute approximate surface area is 172 Å². The Morgan fingerprint density at radius 2 is 1.93 bits per heavy atom. The highest BCUT2D eigenvalue weighted by Gasteiger charge is 2.35. The Hall–Kier alpha value is -3.15. The number of aromatic nitrogens is 3. The van der Waals surface area contributed by atoms with E-state index in [9.17, 15) is 0 Å². The molecule has 0 spiro atoms. The van der Waals surface area contributed by atoms with Crippen molar-refractivity contribution < 1.29 is 0 Å². The second-order valence-electron chi connectivity index (χ2n) is 7.63. The molecule has 0 radical (unpaired) electrons. The maximum Gasteiger partial charge on any atom is 0.191 e. The molecule has 3 aromatic rings. The zero-order chi connectivity index (χ0) is 19.9. The largest absolute Gasteiger partial charge is 0.356 e. The number of hydrogen-bond acceptors (Lipinski definition) is 3. The van der Waals surface area contributed by atoms with Gasteiger partial charge in [-0.25, -0.2) is 9.97 Å². The second-order valence-corrected chi connectivity index (χ2v) is 7.63.